The number of hydrogen-bond acceptors (Lipinski definition) is 8. The van der Waals surface area contributed by atoms with Crippen LogP contribution in [0, 0.1) is 5.41 Å². The van der Waals surface area contributed by atoms with Gasteiger partial charge in [0.25, 0.3) is 5.91 Å². The number of aromatic nitrogens is 2. The molecule has 4 heterocycles. The van der Waals surface area contributed by atoms with Gasteiger partial charge in [-0.05, 0) is 44.4 Å². The minimum absolute atomic E-state index is 0.136. The van der Waals surface area contributed by atoms with Crippen molar-refractivity contribution < 1.29 is 14.3 Å². The molecule has 2 fully saturated rings. The van der Waals surface area contributed by atoms with E-state index in [1.807, 2.05) is 12.1 Å². The lowest BCUT2D eigenvalue weighted by molar-refractivity contribution is 0.00530. The van der Waals surface area contributed by atoms with Crippen molar-refractivity contribution in [2.75, 3.05) is 38.3 Å². The van der Waals surface area contributed by atoms with Crippen molar-refractivity contribution in [2.45, 2.75) is 38.5 Å². The van der Waals surface area contributed by atoms with Gasteiger partial charge in [-0.1, -0.05) is 0 Å². The summed E-state index contributed by atoms with van der Waals surface area (Å²) in [4.78, 5) is 24.5. The Kier molecular flexibility index (Phi) is 6.96. The normalized spacial score (nSPS) is 21.9. The summed E-state index contributed by atoms with van der Waals surface area (Å²) < 4.78 is 11.4. The summed E-state index contributed by atoms with van der Waals surface area (Å²) in [7, 11) is 1.62. The third-order valence-corrected chi connectivity index (χ3v) is 5.85. The zero-order valence-corrected chi connectivity index (χ0v) is 18.6. The molecule has 2 aromatic heterocycles. The Labute approximate surface area is 187 Å². The number of pyridine rings is 2. The minimum atomic E-state index is -0.183. The summed E-state index contributed by atoms with van der Waals surface area (Å²) >= 11 is 0. The molecule has 0 aliphatic carbocycles. The van der Waals surface area contributed by atoms with Crippen LogP contribution < -0.4 is 15.5 Å². The summed E-state index contributed by atoms with van der Waals surface area (Å²) in [5.74, 6) is 0.530. The molecule has 0 saturated carbocycles. The molecule has 0 aromatic carbocycles. The highest BCUT2D eigenvalue weighted by Crippen LogP contribution is 2.29. The van der Waals surface area contributed by atoms with Gasteiger partial charge < -0.3 is 30.4 Å². The van der Waals surface area contributed by atoms with E-state index < -0.39 is 0 Å². The Morgan fingerprint density at radius 1 is 1.34 bits per heavy atom. The Balaban J connectivity index is 1.84. The topological polar surface area (TPSA) is 112 Å². The third-order valence-electron chi connectivity index (χ3n) is 5.85. The van der Waals surface area contributed by atoms with Crippen LogP contribution in [0.2, 0.25) is 0 Å². The van der Waals surface area contributed by atoms with Crippen molar-refractivity contribution in [1.82, 2.24) is 20.6 Å². The zero-order valence-electron chi connectivity index (χ0n) is 18.6. The average Bonchev–Trinajstić information content (AvgIpc) is 2.83. The maximum Gasteiger partial charge on any atom is 0.251 e. The van der Waals surface area contributed by atoms with Crippen LogP contribution >= 0.6 is 0 Å². The molecule has 2 aromatic rings. The number of hydrogen-bond donors (Lipinski definition) is 3. The summed E-state index contributed by atoms with van der Waals surface area (Å²) in [6.07, 6.45) is 7.41. The largest absolute Gasteiger partial charge is 0.377 e. The molecular formula is C23H30N6O3. The molecule has 170 valence electrons. The number of rotatable bonds is 6. The fourth-order valence-corrected chi connectivity index (χ4v) is 4.18. The quantitative estimate of drug-likeness (QED) is 0.593. The van der Waals surface area contributed by atoms with Crippen molar-refractivity contribution in [2.24, 2.45) is 0 Å². The van der Waals surface area contributed by atoms with Gasteiger partial charge in [-0.25, -0.2) is 4.98 Å². The molecule has 3 N–H and O–H groups in total. The predicted octanol–water partition coefficient (Wildman–Crippen LogP) is 2.32. The number of carbonyl (C=O) groups is 1. The maximum absolute atomic E-state index is 12.8. The molecule has 0 bridgehead atoms. The summed E-state index contributed by atoms with van der Waals surface area (Å²) in [5.41, 5.74) is 2.39. The van der Waals surface area contributed by atoms with Gasteiger partial charge in [0.05, 0.1) is 30.5 Å². The average molecular weight is 439 g/mol. The van der Waals surface area contributed by atoms with Gasteiger partial charge in [0.15, 0.2) is 0 Å². The second kappa shape index (κ2) is 10.1. The molecule has 9 nitrogen and oxygen atoms in total. The lowest BCUT2D eigenvalue weighted by Gasteiger charge is -2.34. The van der Waals surface area contributed by atoms with E-state index in [1.54, 1.807) is 19.3 Å². The van der Waals surface area contributed by atoms with E-state index in [4.69, 9.17) is 19.9 Å². The van der Waals surface area contributed by atoms with Crippen molar-refractivity contribution in [1.29, 1.82) is 5.41 Å². The first-order valence-electron chi connectivity index (χ1n) is 11.1. The van der Waals surface area contributed by atoms with E-state index in [-0.39, 0.29) is 18.2 Å². The number of anilines is 1. The summed E-state index contributed by atoms with van der Waals surface area (Å²) in [5, 5.41) is 14.5. The molecule has 32 heavy (non-hydrogen) atoms. The van der Waals surface area contributed by atoms with Crippen LogP contribution in [0.15, 0.2) is 24.4 Å². The van der Waals surface area contributed by atoms with Gasteiger partial charge in [-0.15, -0.1) is 0 Å². The number of nitrogens with zero attached hydrogens (tertiary/aromatic N) is 3. The van der Waals surface area contributed by atoms with Crippen molar-refractivity contribution in [3.8, 4) is 0 Å². The molecule has 2 aliphatic heterocycles. The number of morpholine rings is 1. The van der Waals surface area contributed by atoms with Gasteiger partial charge >= 0.3 is 0 Å². The SMILES string of the molecule is CNC(=O)c1cc(N2CCOCC2C)nc2c(/C(=C/C=N)NC3CCCCO3)nccc12. The molecule has 1 amide bonds. The van der Waals surface area contributed by atoms with Gasteiger partial charge in [0.1, 0.15) is 23.3 Å². The maximum atomic E-state index is 12.8. The zero-order chi connectivity index (χ0) is 22.5. The van der Waals surface area contributed by atoms with Crippen molar-refractivity contribution >= 4 is 34.5 Å². The van der Waals surface area contributed by atoms with Gasteiger partial charge in [-0.2, -0.15) is 0 Å². The summed E-state index contributed by atoms with van der Waals surface area (Å²) in [6, 6.07) is 3.78. The Hall–Kier alpha value is -3.04. The molecule has 2 saturated heterocycles. The molecule has 9 heteroatoms. The standard InChI is InChI=1S/C23H30N6O3/c1-15-14-31-12-10-29(15)19-13-17(23(30)25-2)16-7-9-26-22(21(16)28-19)18(6-8-24)27-20-5-3-4-11-32-20/h6-9,13,15,20,24,27H,3-5,10-12,14H2,1-2H3,(H,25,30)/b18-6-,24-8?. The van der Waals surface area contributed by atoms with Gasteiger partial charge in [0, 0.05) is 38.0 Å². The Morgan fingerprint density at radius 2 is 2.22 bits per heavy atom. The van der Waals surface area contributed by atoms with Crippen LogP contribution in [-0.2, 0) is 9.47 Å². The number of nitrogens with one attached hydrogen (secondary N) is 3. The van der Waals surface area contributed by atoms with Crippen LogP contribution in [0.5, 0.6) is 0 Å². The van der Waals surface area contributed by atoms with Crippen LogP contribution in [0.4, 0.5) is 5.82 Å². The highest BCUT2D eigenvalue weighted by atomic mass is 16.5. The first-order chi connectivity index (χ1) is 15.6. The smallest absolute Gasteiger partial charge is 0.251 e. The summed E-state index contributed by atoms with van der Waals surface area (Å²) in [6.45, 7) is 4.70. The van der Waals surface area contributed by atoms with Gasteiger partial charge in [0.2, 0.25) is 0 Å². The number of amides is 1. The van der Waals surface area contributed by atoms with Gasteiger partial charge in [-0.3, -0.25) is 9.78 Å². The number of carbonyl (C=O) groups excluding carboxylic acids is 1. The molecule has 2 unspecified atom stereocenters. The second-order valence-corrected chi connectivity index (χ2v) is 8.03. The van der Waals surface area contributed by atoms with E-state index in [0.29, 0.717) is 60.0 Å². The van der Waals surface area contributed by atoms with Crippen LogP contribution in [0.1, 0.15) is 42.2 Å². The molecule has 0 radical (unpaired) electrons. The van der Waals surface area contributed by atoms with E-state index in [1.165, 1.54) is 6.21 Å². The van der Waals surface area contributed by atoms with Crippen LogP contribution in [-0.4, -0.2) is 67.8 Å². The fourth-order valence-electron chi connectivity index (χ4n) is 4.18. The highest BCUT2D eigenvalue weighted by Gasteiger charge is 2.25. The van der Waals surface area contributed by atoms with E-state index in [2.05, 4.69) is 27.4 Å². The number of allylic oxidation sites excluding steroid dienone is 1. The Morgan fingerprint density at radius 3 is 2.94 bits per heavy atom. The highest BCUT2D eigenvalue weighted by molar-refractivity contribution is 6.08. The van der Waals surface area contributed by atoms with Crippen molar-refractivity contribution in [3.05, 3.63) is 35.7 Å². The van der Waals surface area contributed by atoms with E-state index in [9.17, 15) is 4.79 Å². The third kappa shape index (κ3) is 4.58. The lowest BCUT2D eigenvalue weighted by atomic mass is 10.1. The predicted molar refractivity (Wildman–Crippen MR) is 124 cm³/mol. The van der Waals surface area contributed by atoms with E-state index in [0.717, 1.165) is 19.3 Å². The Bertz CT molecular complexity index is 1020. The first-order valence-corrected chi connectivity index (χ1v) is 11.1. The van der Waals surface area contributed by atoms with E-state index >= 15 is 0 Å². The minimum Gasteiger partial charge on any atom is -0.377 e. The fraction of sp³-hybridized carbons (Fsp3) is 0.478. The number of fused-ring (bicyclic) bond motifs is 1. The lowest BCUT2D eigenvalue weighted by Crippen LogP contribution is -2.44. The molecule has 2 atom stereocenters. The molecule has 0 spiro atoms. The van der Waals surface area contributed by atoms with Crippen LogP contribution in [0.25, 0.3) is 16.6 Å². The molecular weight excluding hydrogens is 408 g/mol. The number of ether oxygens (including phenoxy) is 2. The van der Waals surface area contributed by atoms with Crippen LogP contribution in [0.3, 0.4) is 0 Å². The molecule has 2 aliphatic rings. The van der Waals surface area contributed by atoms with Crippen molar-refractivity contribution in [3.63, 3.8) is 0 Å². The monoisotopic (exact) mass is 438 g/mol. The molecule has 4 rings (SSSR count). The first kappa shape index (κ1) is 22.2. The second-order valence-electron chi connectivity index (χ2n) is 8.03.